The minimum absolute atomic E-state index is 0.390. The van der Waals surface area contributed by atoms with Crippen molar-refractivity contribution in [2.45, 2.75) is 56.5 Å². The second kappa shape index (κ2) is 6.23. The van der Waals surface area contributed by atoms with Gasteiger partial charge in [0.05, 0.1) is 0 Å². The maximum Gasteiger partial charge on any atom is 0.0365 e. The van der Waals surface area contributed by atoms with Gasteiger partial charge >= 0.3 is 0 Å². The molecule has 0 amide bonds. The molecule has 2 fully saturated rings. The third-order valence-electron chi connectivity index (χ3n) is 5.36. The van der Waals surface area contributed by atoms with Gasteiger partial charge < -0.3 is 5.32 Å². The molecule has 2 heterocycles. The number of hydrogen-bond donors (Lipinski definition) is 1. The molecule has 1 aromatic heterocycles. The van der Waals surface area contributed by atoms with Gasteiger partial charge in [-0.3, -0.25) is 9.88 Å². The van der Waals surface area contributed by atoms with E-state index in [1.165, 1.54) is 57.2 Å². The van der Waals surface area contributed by atoms with Gasteiger partial charge in [0.15, 0.2) is 0 Å². The second-order valence-corrected chi connectivity index (χ2v) is 6.41. The smallest absolute Gasteiger partial charge is 0.0365 e. The second-order valence-electron chi connectivity index (χ2n) is 6.41. The van der Waals surface area contributed by atoms with Crippen LogP contribution in [-0.2, 0) is 6.42 Å². The molecule has 0 spiro atoms. The topological polar surface area (TPSA) is 28.2 Å². The summed E-state index contributed by atoms with van der Waals surface area (Å²) in [5.74, 6) is 0. The third-order valence-corrected chi connectivity index (χ3v) is 5.36. The number of nitrogens with one attached hydrogen (secondary N) is 1. The van der Waals surface area contributed by atoms with Crippen molar-refractivity contribution >= 4 is 0 Å². The zero-order valence-corrected chi connectivity index (χ0v) is 12.6. The molecule has 3 nitrogen and oxygen atoms in total. The van der Waals surface area contributed by atoms with Gasteiger partial charge in [0.2, 0.25) is 0 Å². The van der Waals surface area contributed by atoms with Crippen molar-refractivity contribution < 1.29 is 0 Å². The summed E-state index contributed by atoms with van der Waals surface area (Å²) >= 11 is 0. The first-order chi connectivity index (χ1) is 9.85. The molecule has 1 atom stereocenters. The zero-order valence-electron chi connectivity index (χ0n) is 12.6. The van der Waals surface area contributed by atoms with Crippen LogP contribution in [0.2, 0.25) is 0 Å². The fourth-order valence-corrected chi connectivity index (χ4v) is 4.35. The van der Waals surface area contributed by atoms with Crippen LogP contribution < -0.4 is 5.32 Å². The van der Waals surface area contributed by atoms with Crippen LogP contribution in [0, 0.1) is 0 Å². The van der Waals surface area contributed by atoms with Crippen molar-refractivity contribution in [3.05, 3.63) is 30.1 Å². The van der Waals surface area contributed by atoms with Gasteiger partial charge in [0.1, 0.15) is 0 Å². The van der Waals surface area contributed by atoms with E-state index >= 15 is 0 Å². The van der Waals surface area contributed by atoms with Crippen molar-refractivity contribution in [1.29, 1.82) is 0 Å². The Bertz CT molecular complexity index is 406. The summed E-state index contributed by atoms with van der Waals surface area (Å²) in [5, 5.41) is 3.64. The third kappa shape index (κ3) is 2.61. The number of aromatic nitrogens is 1. The van der Waals surface area contributed by atoms with Crippen molar-refractivity contribution in [2.24, 2.45) is 0 Å². The highest BCUT2D eigenvalue weighted by Gasteiger charge is 2.45. The summed E-state index contributed by atoms with van der Waals surface area (Å²) in [7, 11) is 2.14. The largest absolute Gasteiger partial charge is 0.315 e. The van der Waals surface area contributed by atoms with E-state index in [0.29, 0.717) is 11.6 Å². The maximum absolute atomic E-state index is 4.28. The number of hydrogen-bond acceptors (Lipinski definition) is 3. The van der Waals surface area contributed by atoms with Gasteiger partial charge in [-0.05, 0) is 63.9 Å². The van der Waals surface area contributed by atoms with Crippen LogP contribution in [0.1, 0.15) is 44.1 Å². The lowest BCUT2D eigenvalue weighted by atomic mass is 9.83. The van der Waals surface area contributed by atoms with Crippen LogP contribution in [0.25, 0.3) is 0 Å². The minimum atomic E-state index is 0.390. The zero-order chi connectivity index (χ0) is 13.8. The average Bonchev–Trinajstić information content (AvgIpc) is 3.17. The van der Waals surface area contributed by atoms with Crippen LogP contribution >= 0.6 is 0 Å². The predicted molar refractivity (Wildman–Crippen MR) is 82.8 cm³/mol. The van der Waals surface area contributed by atoms with E-state index in [9.17, 15) is 0 Å². The number of likely N-dealkylation sites (tertiary alicyclic amines) is 1. The molecule has 1 unspecified atom stereocenters. The monoisotopic (exact) mass is 273 g/mol. The number of likely N-dealkylation sites (N-methyl/N-ethyl adjacent to an activating group) is 1. The Balaban J connectivity index is 1.80. The SMILES string of the molecule is CNC(Cc1cccnc1)C1(N2CCCC2)CCCC1. The first-order valence-electron chi connectivity index (χ1n) is 8.16. The number of nitrogens with zero attached hydrogens (tertiary/aromatic N) is 2. The quantitative estimate of drug-likeness (QED) is 0.894. The van der Waals surface area contributed by atoms with Gasteiger partial charge in [-0.25, -0.2) is 0 Å². The Kier molecular flexibility index (Phi) is 4.37. The van der Waals surface area contributed by atoms with Crippen LogP contribution in [-0.4, -0.2) is 41.6 Å². The molecule has 1 aromatic rings. The van der Waals surface area contributed by atoms with Crippen LogP contribution in [0.15, 0.2) is 24.5 Å². The Morgan fingerprint density at radius 2 is 2.00 bits per heavy atom. The standard InChI is InChI=1S/C17H27N3/c1-18-16(13-15-7-6-10-19-14-15)17(8-2-3-9-17)20-11-4-5-12-20/h6-7,10,14,16,18H,2-5,8-9,11-13H2,1H3. The van der Waals surface area contributed by atoms with Gasteiger partial charge in [-0.15, -0.1) is 0 Å². The highest BCUT2D eigenvalue weighted by molar-refractivity contribution is 5.15. The molecule has 3 heteroatoms. The van der Waals surface area contributed by atoms with Crippen molar-refractivity contribution in [3.63, 3.8) is 0 Å². The Morgan fingerprint density at radius 1 is 1.25 bits per heavy atom. The lowest BCUT2D eigenvalue weighted by Gasteiger charge is -2.45. The maximum atomic E-state index is 4.28. The molecule has 110 valence electrons. The minimum Gasteiger partial charge on any atom is -0.315 e. The van der Waals surface area contributed by atoms with E-state index in [0.717, 1.165) is 6.42 Å². The van der Waals surface area contributed by atoms with Gasteiger partial charge in [-0.2, -0.15) is 0 Å². The molecule has 1 saturated carbocycles. The number of rotatable bonds is 5. The Hall–Kier alpha value is -0.930. The molecule has 0 radical (unpaired) electrons. The molecule has 0 bridgehead atoms. The fraction of sp³-hybridized carbons (Fsp3) is 0.706. The molecular weight excluding hydrogens is 246 g/mol. The predicted octanol–water partition coefficient (Wildman–Crippen LogP) is 2.62. The normalized spacial score (nSPS) is 24.1. The van der Waals surface area contributed by atoms with E-state index in [1.807, 2.05) is 12.4 Å². The summed E-state index contributed by atoms with van der Waals surface area (Å²) in [6, 6.07) is 4.82. The molecule has 1 saturated heterocycles. The summed E-state index contributed by atoms with van der Waals surface area (Å²) in [6.07, 6.45) is 13.2. The summed E-state index contributed by atoms with van der Waals surface area (Å²) in [4.78, 5) is 7.07. The van der Waals surface area contributed by atoms with E-state index in [2.05, 4.69) is 34.4 Å². The van der Waals surface area contributed by atoms with E-state index in [1.54, 1.807) is 0 Å². The van der Waals surface area contributed by atoms with Crippen LogP contribution in [0.4, 0.5) is 0 Å². The Morgan fingerprint density at radius 3 is 2.60 bits per heavy atom. The Labute approximate surface area is 122 Å². The summed E-state index contributed by atoms with van der Waals surface area (Å²) in [6.45, 7) is 2.59. The molecule has 3 rings (SSSR count). The molecule has 1 aliphatic carbocycles. The van der Waals surface area contributed by atoms with Gasteiger partial charge in [-0.1, -0.05) is 18.9 Å². The molecule has 20 heavy (non-hydrogen) atoms. The van der Waals surface area contributed by atoms with Crippen molar-refractivity contribution in [2.75, 3.05) is 20.1 Å². The first kappa shape index (κ1) is 14.0. The molecule has 1 aliphatic heterocycles. The first-order valence-corrected chi connectivity index (χ1v) is 8.16. The number of pyridine rings is 1. The molecular formula is C17H27N3. The van der Waals surface area contributed by atoms with Gasteiger partial charge in [0.25, 0.3) is 0 Å². The van der Waals surface area contributed by atoms with E-state index in [-0.39, 0.29) is 0 Å². The lowest BCUT2D eigenvalue weighted by Crippen LogP contribution is -2.59. The van der Waals surface area contributed by atoms with Crippen LogP contribution in [0.3, 0.4) is 0 Å². The average molecular weight is 273 g/mol. The van der Waals surface area contributed by atoms with E-state index in [4.69, 9.17) is 0 Å². The lowest BCUT2D eigenvalue weighted by molar-refractivity contribution is 0.0797. The molecule has 0 aromatic carbocycles. The molecule has 2 aliphatic rings. The van der Waals surface area contributed by atoms with Crippen molar-refractivity contribution in [3.8, 4) is 0 Å². The van der Waals surface area contributed by atoms with Gasteiger partial charge in [0, 0.05) is 24.0 Å². The van der Waals surface area contributed by atoms with Crippen molar-refractivity contribution in [1.82, 2.24) is 15.2 Å². The fourth-order valence-electron chi connectivity index (χ4n) is 4.35. The summed E-state index contributed by atoms with van der Waals surface area (Å²) in [5.41, 5.74) is 1.75. The van der Waals surface area contributed by atoms with E-state index < -0.39 is 0 Å². The highest BCUT2D eigenvalue weighted by Crippen LogP contribution is 2.40. The molecule has 1 N–H and O–H groups in total. The van der Waals surface area contributed by atoms with Crippen LogP contribution in [0.5, 0.6) is 0 Å². The summed E-state index contributed by atoms with van der Waals surface area (Å²) < 4.78 is 0. The highest BCUT2D eigenvalue weighted by atomic mass is 15.2.